The van der Waals surface area contributed by atoms with Crippen LogP contribution in [0.3, 0.4) is 0 Å². The van der Waals surface area contributed by atoms with E-state index >= 15 is 0 Å². The van der Waals surface area contributed by atoms with E-state index in [1.54, 1.807) is 0 Å². The number of hydrogen-bond acceptors (Lipinski definition) is 3. The van der Waals surface area contributed by atoms with Crippen LogP contribution < -0.4 is 0 Å². The normalized spacial score (nSPS) is 14.9. The highest BCUT2D eigenvalue weighted by Crippen LogP contribution is 2.38. The van der Waals surface area contributed by atoms with Crippen molar-refractivity contribution in [1.82, 2.24) is 0 Å². The van der Waals surface area contributed by atoms with Gasteiger partial charge in [0.05, 0.1) is 7.11 Å². The number of carbonyl (C=O) groups excluding carboxylic acids is 1. The molecular weight excluding hydrogens is 275 g/mol. The second-order valence-electron chi connectivity index (χ2n) is 4.33. The molecule has 1 N–H and O–H groups in total. The maximum Gasteiger partial charge on any atom is 0.345 e. The quantitative estimate of drug-likeness (QED) is 0.670. The summed E-state index contributed by atoms with van der Waals surface area (Å²) in [5, 5.41) is 10.2. The van der Waals surface area contributed by atoms with Crippen LogP contribution in [-0.4, -0.2) is 28.1 Å². The summed E-state index contributed by atoms with van der Waals surface area (Å²) in [6, 6.07) is 9.57. The van der Waals surface area contributed by atoms with Crippen LogP contribution in [0.2, 0.25) is 0 Å². The van der Waals surface area contributed by atoms with Gasteiger partial charge in [-0.1, -0.05) is 53.5 Å². The van der Waals surface area contributed by atoms with Crippen molar-refractivity contribution in [2.75, 3.05) is 7.11 Å². The van der Waals surface area contributed by atoms with Gasteiger partial charge >= 0.3 is 5.97 Å². The molecule has 3 nitrogen and oxygen atoms in total. The second kappa shape index (κ2) is 5.91. The lowest BCUT2D eigenvalue weighted by Gasteiger charge is -2.33. The molecule has 0 aliphatic rings. The van der Waals surface area contributed by atoms with Gasteiger partial charge in [-0.15, -0.1) is 0 Å². The molecule has 18 heavy (non-hydrogen) atoms. The first-order valence-electron chi connectivity index (χ1n) is 5.54. The third-order valence-corrected chi connectivity index (χ3v) is 3.98. The van der Waals surface area contributed by atoms with Crippen LogP contribution in [-0.2, 0) is 16.0 Å². The Morgan fingerprint density at radius 1 is 1.33 bits per heavy atom. The van der Waals surface area contributed by atoms with Crippen LogP contribution in [0, 0.1) is 0 Å². The summed E-state index contributed by atoms with van der Waals surface area (Å²) in [6.45, 7) is 1.42. The van der Waals surface area contributed by atoms with Gasteiger partial charge in [0.1, 0.15) is 5.60 Å². The molecule has 0 spiro atoms. The van der Waals surface area contributed by atoms with Crippen molar-refractivity contribution >= 4 is 29.2 Å². The van der Waals surface area contributed by atoms with Gasteiger partial charge in [-0.3, -0.25) is 0 Å². The number of esters is 1. The topological polar surface area (TPSA) is 46.5 Å². The third kappa shape index (κ3) is 3.37. The van der Waals surface area contributed by atoms with E-state index in [1.165, 1.54) is 14.0 Å². The summed E-state index contributed by atoms with van der Waals surface area (Å²) < 4.78 is 2.51. The van der Waals surface area contributed by atoms with Crippen molar-refractivity contribution in [3.63, 3.8) is 0 Å². The smallest absolute Gasteiger partial charge is 0.345 e. The molecule has 100 valence electrons. The van der Waals surface area contributed by atoms with E-state index in [4.69, 9.17) is 23.2 Å². The van der Waals surface area contributed by atoms with Gasteiger partial charge in [-0.05, 0) is 25.3 Å². The van der Waals surface area contributed by atoms with Crippen molar-refractivity contribution in [3.8, 4) is 0 Å². The number of methoxy groups -OCH3 is 1. The molecule has 0 fully saturated rings. The van der Waals surface area contributed by atoms with Crippen LogP contribution in [0.15, 0.2) is 30.3 Å². The van der Waals surface area contributed by atoms with Gasteiger partial charge in [0, 0.05) is 0 Å². The van der Waals surface area contributed by atoms with Crippen molar-refractivity contribution in [1.29, 1.82) is 0 Å². The maximum absolute atomic E-state index is 11.4. The number of alkyl halides is 2. The van der Waals surface area contributed by atoms with E-state index in [-0.39, 0.29) is 6.42 Å². The largest absolute Gasteiger partial charge is 0.467 e. The van der Waals surface area contributed by atoms with Gasteiger partial charge in [-0.2, -0.15) is 0 Å². The van der Waals surface area contributed by atoms with Gasteiger partial charge in [-0.25, -0.2) is 4.79 Å². The number of aliphatic hydroxyl groups is 1. The number of halogens is 2. The van der Waals surface area contributed by atoms with Crippen molar-refractivity contribution in [2.45, 2.75) is 29.7 Å². The minimum Gasteiger partial charge on any atom is -0.467 e. The average molecular weight is 291 g/mol. The highest BCUT2D eigenvalue weighted by atomic mass is 35.5. The Hall–Kier alpha value is -0.770. The van der Waals surface area contributed by atoms with E-state index in [0.29, 0.717) is 6.42 Å². The first-order valence-corrected chi connectivity index (χ1v) is 6.29. The lowest BCUT2D eigenvalue weighted by Crippen LogP contribution is -2.50. The number of benzene rings is 1. The van der Waals surface area contributed by atoms with Gasteiger partial charge in [0.25, 0.3) is 0 Å². The lowest BCUT2D eigenvalue weighted by molar-refractivity contribution is -0.147. The summed E-state index contributed by atoms with van der Waals surface area (Å²) in [5.41, 5.74) is -0.536. The summed E-state index contributed by atoms with van der Waals surface area (Å²) in [7, 11) is 1.18. The highest BCUT2D eigenvalue weighted by molar-refractivity contribution is 6.58. The molecule has 0 heterocycles. The van der Waals surface area contributed by atoms with Gasteiger partial charge < -0.3 is 9.84 Å². The van der Waals surface area contributed by atoms with Gasteiger partial charge in [0.15, 0.2) is 0 Å². The number of hydrogen-bond donors (Lipinski definition) is 1. The van der Waals surface area contributed by atoms with E-state index in [2.05, 4.69) is 4.74 Å². The Labute approximate surface area is 117 Å². The maximum atomic E-state index is 11.4. The molecule has 1 unspecified atom stereocenters. The fourth-order valence-electron chi connectivity index (χ4n) is 1.54. The van der Waals surface area contributed by atoms with E-state index in [1.807, 2.05) is 30.3 Å². The molecule has 0 aliphatic heterocycles. The van der Waals surface area contributed by atoms with Crippen LogP contribution in [0.25, 0.3) is 0 Å². The first kappa shape index (κ1) is 15.3. The number of ether oxygens (including phenoxy) is 1. The predicted molar refractivity (Wildman–Crippen MR) is 71.8 cm³/mol. The number of aryl methyl sites for hydroxylation is 1. The highest BCUT2D eigenvalue weighted by Gasteiger charge is 2.51. The zero-order valence-corrected chi connectivity index (χ0v) is 11.8. The molecule has 1 aromatic carbocycles. The third-order valence-electron chi connectivity index (χ3n) is 2.86. The van der Waals surface area contributed by atoms with E-state index in [9.17, 15) is 9.90 Å². The standard InChI is InChI=1S/C13H16Cl2O3/c1-12(17,13(14,15)11(16)18-2)9-8-10-6-4-3-5-7-10/h3-7,17H,8-9H2,1-2H3. The molecule has 5 heteroatoms. The molecule has 0 aliphatic carbocycles. The Morgan fingerprint density at radius 3 is 2.39 bits per heavy atom. The Morgan fingerprint density at radius 2 is 1.89 bits per heavy atom. The van der Waals surface area contributed by atoms with Crippen LogP contribution in [0.4, 0.5) is 0 Å². The molecule has 0 amide bonds. The molecule has 0 radical (unpaired) electrons. The second-order valence-corrected chi connectivity index (χ2v) is 5.65. The van der Waals surface area contributed by atoms with E-state index in [0.717, 1.165) is 5.56 Å². The molecule has 1 atom stereocenters. The van der Waals surface area contributed by atoms with Crippen molar-refractivity contribution < 1.29 is 14.6 Å². The molecular formula is C13H16Cl2O3. The molecule has 0 bridgehead atoms. The number of rotatable bonds is 5. The van der Waals surface area contributed by atoms with Crippen molar-refractivity contribution in [2.24, 2.45) is 0 Å². The summed E-state index contributed by atoms with van der Waals surface area (Å²) >= 11 is 11.8. The zero-order valence-electron chi connectivity index (χ0n) is 10.3. The average Bonchev–Trinajstić information content (AvgIpc) is 2.36. The predicted octanol–water partition coefficient (Wildman–Crippen LogP) is 2.72. The molecule has 1 rings (SSSR count). The number of carbonyl (C=O) groups is 1. The van der Waals surface area contributed by atoms with Crippen LogP contribution >= 0.6 is 23.2 Å². The first-order chi connectivity index (χ1) is 8.31. The van der Waals surface area contributed by atoms with Gasteiger partial charge in [0.2, 0.25) is 4.33 Å². The molecule has 0 aromatic heterocycles. The monoisotopic (exact) mass is 290 g/mol. The minimum atomic E-state index is -1.98. The molecule has 1 aromatic rings. The minimum absolute atomic E-state index is 0.249. The fraction of sp³-hybridized carbons (Fsp3) is 0.462. The SMILES string of the molecule is COC(=O)C(Cl)(Cl)C(C)(O)CCc1ccccc1. The van der Waals surface area contributed by atoms with Crippen LogP contribution in [0.1, 0.15) is 18.9 Å². The van der Waals surface area contributed by atoms with E-state index < -0.39 is 15.9 Å². The van der Waals surface area contributed by atoms with Crippen LogP contribution in [0.5, 0.6) is 0 Å². The zero-order chi connectivity index (χ0) is 13.8. The van der Waals surface area contributed by atoms with Crippen molar-refractivity contribution in [3.05, 3.63) is 35.9 Å². The molecule has 0 saturated carbocycles. The Balaban J connectivity index is 2.73. The molecule has 0 saturated heterocycles. The Kier molecular flexibility index (Phi) is 5.02. The summed E-state index contributed by atoms with van der Waals surface area (Å²) in [6.07, 6.45) is 0.811. The Bertz CT molecular complexity index is 402. The summed E-state index contributed by atoms with van der Waals surface area (Å²) in [5.74, 6) is -0.858. The lowest BCUT2D eigenvalue weighted by atomic mass is 9.92. The fourth-order valence-corrected chi connectivity index (χ4v) is 1.88. The summed E-state index contributed by atoms with van der Waals surface area (Å²) in [4.78, 5) is 11.4.